The Hall–Kier alpha value is -1.16. The molecule has 1 aliphatic heterocycles. The zero-order valence-corrected chi connectivity index (χ0v) is 9.20. The molecule has 4 heteroatoms. The molecule has 0 spiro atoms. The highest BCUT2D eigenvalue weighted by atomic mass is 32.1. The Bertz CT molecular complexity index is 460. The van der Waals surface area contributed by atoms with Gasteiger partial charge in [0.15, 0.2) is 0 Å². The van der Waals surface area contributed by atoms with Crippen LogP contribution in [0.5, 0.6) is 0 Å². The molecule has 3 rings (SSSR count). The van der Waals surface area contributed by atoms with E-state index < -0.39 is 0 Å². The van der Waals surface area contributed by atoms with Crippen molar-refractivity contribution in [3.8, 4) is 0 Å². The number of thiophene rings is 1. The molecule has 0 radical (unpaired) electrons. The lowest BCUT2D eigenvalue weighted by Crippen LogP contribution is -2.30. The van der Waals surface area contributed by atoms with Crippen molar-refractivity contribution in [3.05, 3.63) is 24.2 Å². The smallest absolute Gasteiger partial charge is 0.140 e. The first-order chi connectivity index (χ1) is 7.45. The van der Waals surface area contributed by atoms with E-state index in [1.165, 1.54) is 5.39 Å². The SMILES string of the molecule is c1nc(N2CC[CH-]CC2)c2ccsc2n1. The minimum absolute atomic E-state index is 1.09. The van der Waals surface area contributed by atoms with E-state index in [2.05, 4.69) is 32.7 Å². The molecule has 15 heavy (non-hydrogen) atoms. The first-order valence-corrected chi connectivity index (χ1v) is 6.08. The Balaban J connectivity index is 2.05. The van der Waals surface area contributed by atoms with Crippen molar-refractivity contribution in [1.82, 2.24) is 9.97 Å². The molecule has 0 unspecified atom stereocenters. The van der Waals surface area contributed by atoms with E-state index in [0.717, 1.165) is 36.6 Å². The first kappa shape index (κ1) is 9.09. The third kappa shape index (κ3) is 1.59. The van der Waals surface area contributed by atoms with E-state index in [1.807, 2.05) is 0 Å². The molecule has 0 saturated carbocycles. The van der Waals surface area contributed by atoms with Gasteiger partial charge < -0.3 is 11.3 Å². The molecule has 3 nitrogen and oxygen atoms in total. The minimum Gasteiger partial charge on any atom is -0.361 e. The fourth-order valence-corrected chi connectivity index (χ4v) is 2.72. The number of piperidine rings is 1. The predicted octanol–water partition coefficient (Wildman–Crippen LogP) is 2.50. The summed E-state index contributed by atoms with van der Waals surface area (Å²) in [7, 11) is 0. The van der Waals surface area contributed by atoms with Crippen LogP contribution in [0.3, 0.4) is 0 Å². The van der Waals surface area contributed by atoms with Gasteiger partial charge >= 0.3 is 0 Å². The molecule has 1 aliphatic rings. The average molecular weight is 218 g/mol. The summed E-state index contributed by atoms with van der Waals surface area (Å²) < 4.78 is 0. The van der Waals surface area contributed by atoms with Crippen molar-refractivity contribution < 1.29 is 0 Å². The highest BCUT2D eigenvalue weighted by molar-refractivity contribution is 7.16. The molecular formula is C11H12N3S-. The summed E-state index contributed by atoms with van der Waals surface area (Å²) in [5.41, 5.74) is 0. The van der Waals surface area contributed by atoms with Gasteiger partial charge in [-0.25, -0.2) is 9.97 Å². The number of hydrogen-bond acceptors (Lipinski definition) is 4. The van der Waals surface area contributed by atoms with Crippen LogP contribution in [0.15, 0.2) is 17.8 Å². The van der Waals surface area contributed by atoms with Crippen LogP contribution in [0, 0.1) is 6.42 Å². The fraction of sp³-hybridized carbons (Fsp3) is 0.364. The largest absolute Gasteiger partial charge is 0.361 e. The molecule has 0 N–H and O–H groups in total. The molecule has 0 aliphatic carbocycles. The number of fused-ring (bicyclic) bond motifs is 1. The van der Waals surface area contributed by atoms with E-state index in [0.29, 0.717) is 0 Å². The van der Waals surface area contributed by atoms with Crippen LogP contribution < -0.4 is 4.90 Å². The van der Waals surface area contributed by atoms with Crippen LogP contribution >= 0.6 is 11.3 Å². The maximum Gasteiger partial charge on any atom is 0.140 e. The number of anilines is 1. The number of nitrogens with zero attached hydrogens (tertiary/aromatic N) is 3. The minimum atomic E-state index is 1.09. The monoisotopic (exact) mass is 218 g/mol. The Morgan fingerprint density at radius 2 is 2.13 bits per heavy atom. The molecule has 2 aromatic rings. The van der Waals surface area contributed by atoms with Gasteiger partial charge in [-0.3, -0.25) is 0 Å². The van der Waals surface area contributed by atoms with Crippen LogP contribution in [0.4, 0.5) is 5.82 Å². The summed E-state index contributed by atoms with van der Waals surface area (Å²) in [6.45, 7) is 2.17. The summed E-state index contributed by atoms with van der Waals surface area (Å²) in [5, 5.41) is 3.28. The summed E-state index contributed by atoms with van der Waals surface area (Å²) in [6.07, 6.45) is 6.35. The van der Waals surface area contributed by atoms with Crippen LogP contribution in [-0.4, -0.2) is 23.1 Å². The van der Waals surface area contributed by atoms with Gasteiger partial charge in [-0.15, -0.1) is 11.3 Å². The summed E-state index contributed by atoms with van der Waals surface area (Å²) in [5.74, 6) is 1.11. The summed E-state index contributed by atoms with van der Waals surface area (Å²) in [6, 6.07) is 2.12. The maximum atomic E-state index is 4.41. The van der Waals surface area contributed by atoms with Crippen LogP contribution in [-0.2, 0) is 0 Å². The van der Waals surface area contributed by atoms with E-state index in [1.54, 1.807) is 17.7 Å². The molecule has 1 saturated heterocycles. The van der Waals surface area contributed by atoms with Crippen molar-refractivity contribution in [3.63, 3.8) is 0 Å². The molecule has 3 heterocycles. The van der Waals surface area contributed by atoms with Crippen molar-refractivity contribution in [1.29, 1.82) is 0 Å². The van der Waals surface area contributed by atoms with Crippen LogP contribution in [0.25, 0.3) is 10.2 Å². The molecule has 78 valence electrons. The second kappa shape index (κ2) is 3.77. The van der Waals surface area contributed by atoms with Gasteiger partial charge in [0.1, 0.15) is 17.0 Å². The Kier molecular flexibility index (Phi) is 2.29. The van der Waals surface area contributed by atoms with Crippen LogP contribution in [0.2, 0.25) is 0 Å². The molecule has 0 aromatic carbocycles. The van der Waals surface area contributed by atoms with Gasteiger partial charge in [-0.2, -0.15) is 12.8 Å². The number of rotatable bonds is 1. The van der Waals surface area contributed by atoms with Gasteiger partial charge in [-0.1, -0.05) is 0 Å². The normalized spacial score (nSPS) is 17.2. The van der Waals surface area contributed by atoms with Crippen molar-refractivity contribution in [2.24, 2.45) is 0 Å². The van der Waals surface area contributed by atoms with Crippen LogP contribution in [0.1, 0.15) is 12.8 Å². The van der Waals surface area contributed by atoms with E-state index in [4.69, 9.17) is 0 Å². The summed E-state index contributed by atoms with van der Waals surface area (Å²) in [4.78, 5) is 12.1. The third-order valence-corrected chi connectivity index (χ3v) is 3.57. The van der Waals surface area contributed by atoms with Gasteiger partial charge in [0.2, 0.25) is 0 Å². The second-order valence-corrected chi connectivity index (χ2v) is 4.58. The van der Waals surface area contributed by atoms with Gasteiger partial charge in [0.25, 0.3) is 0 Å². The highest BCUT2D eigenvalue weighted by Gasteiger charge is 2.12. The number of aromatic nitrogens is 2. The molecule has 0 bridgehead atoms. The lowest BCUT2D eigenvalue weighted by atomic mass is 10.1. The van der Waals surface area contributed by atoms with Gasteiger partial charge in [0.05, 0.1) is 5.39 Å². The zero-order chi connectivity index (χ0) is 10.1. The predicted molar refractivity (Wildman–Crippen MR) is 63.2 cm³/mol. The topological polar surface area (TPSA) is 29.0 Å². The zero-order valence-electron chi connectivity index (χ0n) is 8.39. The highest BCUT2D eigenvalue weighted by Crippen LogP contribution is 2.28. The molecule has 0 atom stereocenters. The van der Waals surface area contributed by atoms with E-state index in [9.17, 15) is 0 Å². The first-order valence-electron chi connectivity index (χ1n) is 5.20. The van der Waals surface area contributed by atoms with Gasteiger partial charge in [0, 0.05) is 0 Å². The lowest BCUT2D eigenvalue weighted by Gasteiger charge is -2.33. The summed E-state index contributed by atoms with van der Waals surface area (Å²) >= 11 is 1.68. The molecule has 0 amide bonds. The van der Waals surface area contributed by atoms with Crippen molar-refractivity contribution >= 4 is 27.4 Å². The standard InChI is InChI=1S/C11H12N3S/c1-2-5-14(6-3-1)10-9-4-7-15-11(9)13-8-12-10/h1,4,7-8H,2-3,5-6H2/q-1. The van der Waals surface area contributed by atoms with E-state index >= 15 is 0 Å². The molecule has 2 aromatic heterocycles. The van der Waals surface area contributed by atoms with Crippen molar-refractivity contribution in [2.45, 2.75) is 12.8 Å². The average Bonchev–Trinajstić information content (AvgIpc) is 2.78. The van der Waals surface area contributed by atoms with Crippen molar-refractivity contribution in [2.75, 3.05) is 18.0 Å². The number of hydrogen-bond donors (Lipinski definition) is 0. The van der Waals surface area contributed by atoms with Gasteiger partial charge in [-0.05, 0) is 24.5 Å². The van der Waals surface area contributed by atoms with E-state index in [-0.39, 0.29) is 0 Å². The fourth-order valence-electron chi connectivity index (χ4n) is 1.99. The quantitative estimate of drug-likeness (QED) is 0.689. The Morgan fingerprint density at radius 3 is 3.00 bits per heavy atom. The second-order valence-electron chi connectivity index (χ2n) is 3.69. The molecule has 1 fully saturated rings. The third-order valence-electron chi connectivity index (χ3n) is 2.75. The maximum absolute atomic E-state index is 4.41. The Morgan fingerprint density at radius 1 is 1.27 bits per heavy atom. The Labute approximate surface area is 92.8 Å². The molecular weight excluding hydrogens is 206 g/mol. The lowest BCUT2D eigenvalue weighted by molar-refractivity contribution is 0.673.